The standard InChI is InChI=1S/C43H48N6O3/c44-38(28-32-22-23-33-15-10-11-20-36(33)27-32)39-24-26-48(29-37(34-16-6-2-7-17-34)35-18-8-3-9-19-35)41(50)40(47-39)21-12-25-49(42(45)46)43(51)52-30-31-13-4-1-5-14-31/h1-11,13-20,22-23,27,37-40,47H,12,21,24-26,28-30,44H2,(H3,45,46)/t38-,39?,40-/m0/s1. The van der Waals surface area contributed by atoms with E-state index in [9.17, 15) is 9.59 Å². The summed E-state index contributed by atoms with van der Waals surface area (Å²) in [5.41, 5.74) is 17.1. The van der Waals surface area contributed by atoms with Gasteiger partial charge in [-0.3, -0.25) is 10.2 Å². The number of nitrogens with zero attached hydrogens (tertiary/aromatic N) is 2. The molecule has 1 fully saturated rings. The van der Waals surface area contributed by atoms with Gasteiger partial charge in [0.1, 0.15) is 6.61 Å². The molecule has 5 aromatic rings. The topological polar surface area (TPSA) is 138 Å². The minimum atomic E-state index is -0.693. The van der Waals surface area contributed by atoms with E-state index in [0.29, 0.717) is 38.8 Å². The molecular formula is C43H48N6O3. The Morgan fingerprint density at radius 3 is 2.12 bits per heavy atom. The summed E-state index contributed by atoms with van der Waals surface area (Å²) < 4.78 is 5.47. The van der Waals surface area contributed by atoms with E-state index in [1.807, 2.05) is 83.8 Å². The molecule has 0 aliphatic carbocycles. The summed E-state index contributed by atoms with van der Waals surface area (Å²) in [4.78, 5) is 30.5. The van der Waals surface area contributed by atoms with Gasteiger partial charge in [0, 0.05) is 37.6 Å². The molecule has 9 nitrogen and oxygen atoms in total. The molecule has 1 aliphatic heterocycles. The number of guanidine groups is 1. The number of benzene rings is 5. The zero-order valence-corrected chi connectivity index (χ0v) is 29.4. The number of carbonyl (C=O) groups is 2. The van der Waals surface area contributed by atoms with Crippen LogP contribution in [0.5, 0.6) is 0 Å². The average molecular weight is 697 g/mol. The minimum absolute atomic E-state index is 0.00158. The first-order chi connectivity index (χ1) is 25.4. The van der Waals surface area contributed by atoms with Crippen LogP contribution in [0.2, 0.25) is 0 Å². The number of hydrogen-bond acceptors (Lipinski definition) is 6. The van der Waals surface area contributed by atoms with E-state index < -0.39 is 18.1 Å². The molecule has 1 heterocycles. The molecule has 52 heavy (non-hydrogen) atoms. The van der Waals surface area contributed by atoms with E-state index in [1.54, 1.807) is 0 Å². The van der Waals surface area contributed by atoms with E-state index in [1.165, 1.54) is 10.8 Å². The number of fused-ring (bicyclic) bond motifs is 1. The number of nitrogens with two attached hydrogens (primary N) is 2. The third-order valence-corrected chi connectivity index (χ3v) is 9.93. The van der Waals surface area contributed by atoms with Crippen LogP contribution >= 0.6 is 0 Å². The Hall–Kier alpha value is -5.51. The first-order valence-corrected chi connectivity index (χ1v) is 18.1. The van der Waals surface area contributed by atoms with Gasteiger partial charge in [0.2, 0.25) is 5.91 Å². The second-order valence-electron chi connectivity index (χ2n) is 13.5. The maximum Gasteiger partial charge on any atom is 0.416 e. The lowest BCUT2D eigenvalue weighted by Crippen LogP contribution is -2.52. The molecule has 2 amide bonds. The van der Waals surface area contributed by atoms with Crippen molar-refractivity contribution in [3.8, 4) is 0 Å². The molecule has 1 saturated heterocycles. The van der Waals surface area contributed by atoms with Crippen molar-refractivity contribution in [2.45, 2.75) is 56.3 Å². The van der Waals surface area contributed by atoms with Crippen LogP contribution < -0.4 is 16.8 Å². The van der Waals surface area contributed by atoms with Gasteiger partial charge in [0.15, 0.2) is 5.96 Å². The van der Waals surface area contributed by atoms with Gasteiger partial charge in [-0.05, 0) is 58.7 Å². The van der Waals surface area contributed by atoms with E-state index in [0.717, 1.165) is 27.2 Å². The second kappa shape index (κ2) is 17.6. The Kier molecular flexibility index (Phi) is 12.3. The molecule has 0 spiro atoms. The highest BCUT2D eigenvalue weighted by Crippen LogP contribution is 2.28. The molecule has 5 aromatic carbocycles. The molecule has 6 N–H and O–H groups in total. The number of amides is 2. The van der Waals surface area contributed by atoms with Crippen molar-refractivity contribution in [3.63, 3.8) is 0 Å². The SMILES string of the molecule is N=C(N)N(CCC[C@@H]1NC([C@@H](N)Cc2ccc3ccccc3c2)CCN(CC(c2ccccc2)c2ccccc2)C1=O)C(=O)OCc1ccccc1. The Labute approximate surface area is 306 Å². The summed E-state index contributed by atoms with van der Waals surface area (Å²) in [5, 5.41) is 14.1. The van der Waals surface area contributed by atoms with Gasteiger partial charge in [0.25, 0.3) is 0 Å². The van der Waals surface area contributed by atoms with Crippen LogP contribution in [-0.2, 0) is 22.6 Å². The molecule has 0 bridgehead atoms. The summed E-state index contributed by atoms with van der Waals surface area (Å²) in [6, 6.07) is 43.8. The molecule has 9 heteroatoms. The maximum atomic E-state index is 14.5. The van der Waals surface area contributed by atoms with Gasteiger partial charge in [-0.2, -0.15) is 0 Å². The largest absolute Gasteiger partial charge is 0.444 e. The summed E-state index contributed by atoms with van der Waals surface area (Å²) in [7, 11) is 0. The van der Waals surface area contributed by atoms with Crippen molar-refractivity contribution in [3.05, 3.63) is 156 Å². The molecule has 0 aromatic heterocycles. The van der Waals surface area contributed by atoms with Crippen molar-refractivity contribution in [2.75, 3.05) is 19.6 Å². The maximum absolute atomic E-state index is 14.5. The first-order valence-electron chi connectivity index (χ1n) is 18.1. The Balaban J connectivity index is 1.19. The van der Waals surface area contributed by atoms with E-state index in [4.69, 9.17) is 21.6 Å². The number of ether oxygens (including phenoxy) is 1. The predicted octanol–water partition coefficient (Wildman–Crippen LogP) is 6.41. The molecule has 3 atom stereocenters. The van der Waals surface area contributed by atoms with Gasteiger partial charge in [-0.25, -0.2) is 9.69 Å². The summed E-state index contributed by atoms with van der Waals surface area (Å²) in [5.74, 6) is -0.413. The molecule has 1 aliphatic rings. The molecule has 0 saturated carbocycles. The Bertz CT molecular complexity index is 1880. The zero-order chi connectivity index (χ0) is 36.3. The fourth-order valence-corrected chi connectivity index (χ4v) is 7.10. The monoisotopic (exact) mass is 696 g/mol. The van der Waals surface area contributed by atoms with Crippen LogP contribution in [0.15, 0.2) is 133 Å². The summed E-state index contributed by atoms with van der Waals surface area (Å²) in [6.07, 6.45) is 1.50. The highest BCUT2D eigenvalue weighted by molar-refractivity contribution is 5.91. The molecule has 0 radical (unpaired) electrons. The lowest BCUT2D eigenvalue weighted by atomic mass is 9.90. The van der Waals surface area contributed by atoms with Crippen LogP contribution in [0.25, 0.3) is 10.8 Å². The van der Waals surface area contributed by atoms with Crippen molar-refractivity contribution in [1.29, 1.82) is 5.41 Å². The van der Waals surface area contributed by atoms with Crippen molar-refractivity contribution < 1.29 is 14.3 Å². The lowest BCUT2D eigenvalue weighted by Gasteiger charge is -2.30. The number of rotatable bonds is 13. The average Bonchev–Trinajstić information content (AvgIpc) is 3.33. The van der Waals surface area contributed by atoms with Gasteiger partial charge in [-0.15, -0.1) is 0 Å². The first kappa shape index (κ1) is 36.3. The van der Waals surface area contributed by atoms with E-state index in [2.05, 4.69) is 59.9 Å². The quantitative estimate of drug-likeness (QED) is 0.0829. The lowest BCUT2D eigenvalue weighted by molar-refractivity contribution is -0.133. The van der Waals surface area contributed by atoms with Crippen molar-refractivity contribution in [2.24, 2.45) is 11.5 Å². The third-order valence-electron chi connectivity index (χ3n) is 9.93. The van der Waals surface area contributed by atoms with Gasteiger partial charge >= 0.3 is 6.09 Å². The van der Waals surface area contributed by atoms with Crippen LogP contribution in [0.1, 0.15) is 47.4 Å². The van der Waals surface area contributed by atoms with Crippen LogP contribution in [0.3, 0.4) is 0 Å². The number of nitrogens with one attached hydrogen (secondary N) is 2. The van der Waals surface area contributed by atoms with Crippen molar-refractivity contribution >= 4 is 28.7 Å². The van der Waals surface area contributed by atoms with Gasteiger partial charge in [-0.1, -0.05) is 133 Å². The predicted molar refractivity (Wildman–Crippen MR) is 207 cm³/mol. The van der Waals surface area contributed by atoms with E-state index >= 15 is 0 Å². The molecule has 6 rings (SSSR count). The van der Waals surface area contributed by atoms with Crippen LogP contribution in [0, 0.1) is 5.41 Å². The molecule has 268 valence electrons. The number of carbonyl (C=O) groups excluding carboxylic acids is 2. The normalized spacial score (nSPS) is 16.7. The van der Waals surface area contributed by atoms with E-state index in [-0.39, 0.29) is 37.1 Å². The molecule has 1 unspecified atom stereocenters. The highest BCUT2D eigenvalue weighted by atomic mass is 16.6. The summed E-state index contributed by atoms with van der Waals surface area (Å²) in [6.45, 7) is 1.28. The van der Waals surface area contributed by atoms with Crippen LogP contribution in [-0.4, -0.2) is 65.5 Å². The summed E-state index contributed by atoms with van der Waals surface area (Å²) >= 11 is 0. The zero-order valence-electron chi connectivity index (χ0n) is 29.4. The number of hydrogen-bond donors (Lipinski definition) is 4. The highest BCUT2D eigenvalue weighted by Gasteiger charge is 2.35. The van der Waals surface area contributed by atoms with Crippen LogP contribution in [0.4, 0.5) is 4.79 Å². The van der Waals surface area contributed by atoms with Gasteiger partial charge < -0.3 is 26.4 Å². The Morgan fingerprint density at radius 2 is 1.46 bits per heavy atom. The fourth-order valence-electron chi connectivity index (χ4n) is 7.10. The van der Waals surface area contributed by atoms with Gasteiger partial charge in [0.05, 0.1) is 6.04 Å². The molecular weight excluding hydrogens is 649 g/mol. The second-order valence-corrected chi connectivity index (χ2v) is 13.5. The minimum Gasteiger partial charge on any atom is -0.444 e. The third kappa shape index (κ3) is 9.42. The van der Waals surface area contributed by atoms with Crippen molar-refractivity contribution in [1.82, 2.24) is 15.1 Å². The fraction of sp³-hybridized carbons (Fsp3) is 0.279. The Morgan fingerprint density at radius 1 is 0.846 bits per heavy atom. The smallest absolute Gasteiger partial charge is 0.416 e.